The summed E-state index contributed by atoms with van der Waals surface area (Å²) in [6.45, 7) is 5.08. The van der Waals surface area contributed by atoms with E-state index in [1.165, 1.54) is 22.9 Å². The van der Waals surface area contributed by atoms with Crippen LogP contribution in [0.2, 0.25) is 5.02 Å². The second kappa shape index (κ2) is 10.2. The van der Waals surface area contributed by atoms with E-state index in [0.717, 1.165) is 11.3 Å². The van der Waals surface area contributed by atoms with E-state index < -0.39 is 0 Å². The summed E-state index contributed by atoms with van der Waals surface area (Å²) < 4.78 is 17.5. The molecule has 0 aromatic heterocycles. The fourth-order valence-corrected chi connectivity index (χ4v) is 4.08. The molecular formula is C22H22ClNO4S2. The number of ether oxygens (including phenoxy) is 3. The topological polar surface area (TPSA) is 56.8 Å². The lowest BCUT2D eigenvalue weighted by Gasteiger charge is -2.14. The normalized spacial score (nSPS) is 14.7. The van der Waals surface area contributed by atoms with Crippen molar-refractivity contribution in [2.24, 2.45) is 0 Å². The van der Waals surface area contributed by atoms with Gasteiger partial charge in [0.15, 0.2) is 11.5 Å². The molecule has 158 valence electrons. The minimum absolute atomic E-state index is 0.218. The molecule has 1 aliphatic heterocycles. The summed E-state index contributed by atoms with van der Waals surface area (Å²) in [5.41, 5.74) is 3.16. The van der Waals surface area contributed by atoms with E-state index in [-0.39, 0.29) is 5.91 Å². The number of thiocarbonyl (C=S) groups is 1. The van der Waals surface area contributed by atoms with E-state index in [1.807, 2.05) is 18.2 Å². The van der Waals surface area contributed by atoms with Crippen LogP contribution in [0.3, 0.4) is 0 Å². The Bertz CT molecular complexity index is 1010. The van der Waals surface area contributed by atoms with Gasteiger partial charge >= 0.3 is 0 Å². The maximum atomic E-state index is 11.8. The van der Waals surface area contributed by atoms with Crippen molar-refractivity contribution in [2.75, 3.05) is 20.3 Å². The average Bonchev–Trinajstić information content (AvgIpc) is 3.02. The lowest BCUT2D eigenvalue weighted by molar-refractivity contribution is -0.115. The van der Waals surface area contributed by atoms with Gasteiger partial charge in [-0.1, -0.05) is 41.6 Å². The van der Waals surface area contributed by atoms with Crippen LogP contribution in [-0.4, -0.2) is 30.6 Å². The number of halogens is 1. The number of carbonyl (C=O) groups is 1. The van der Waals surface area contributed by atoms with Crippen molar-refractivity contribution in [3.8, 4) is 17.2 Å². The zero-order valence-electron chi connectivity index (χ0n) is 16.9. The second-order valence-electron chi connectivity index (χ2n) is 6.68. The molecule has 0 radical (unpaired) electrons. The second-order valence-corrected chi connectivity index (χ2v) is 8.81. The predicted molar refractivity (Wildman–Crippen MR) is 126 cm³/mol. The zero-order chi connectivity index (χ0) is 21.7. The number of hydrogen-bond donors (Lipinski definition) is 1. The Morgan fingerprint density at radius 2 is 1.90 bits per heavy atom. The number of nitrogens with one attached hydrogen (secondary N) is 1. The molecule has 0 saturated carbocycles. The van der Waals surface area contributed by atoms with Gasteiger partial charge in [-0.25, -0.2) is 0 Å². The molecule has 3 rings (SSSR count). The monoisotopic (exact) mass is 463 g/mol. The van der Waals surface area contributed by atoms with Crippen LogP contribution >= 0.6 is 35.6 Å². The van der Waals surface area contributed by atoms with Gasteiger partial charge < -0.3 is 19.5 Å². The van der Waals surface area contributed by atoms with E-state index in [1.54, 1.807) is 25.3 Å². The Hall–Kier alpha value is -2.22. The fraction of sp³-hybridized carbons (Fsp3) is 0.273. The summed E-state index contributed by atoms with van der Waals surface area (Å²) in [6.07, 6.45) is 2.40. The molecular weight excluding hydrogens is 442 g/mol. The summed E-state index contributed by atoms with van der Waals surface area (Å²) in [4.78, 5) is 12.4. The number of benzene rings is 2. The quantitative estimate of drug-likeness (QED) is 0.325. The summed E-state index contributed by atoms with van der Waals surface area (Å²) in [5, 5.41) is 2.99. The first-order valence-electron chi connectivity index (χ1n) is 9.32. The molecule has 0 atom stereocenters. The van der Waals surface area contributed by atoms with E-state index in [0.29, 0.717) is 45.4 Å². The van der Waals surface area contributed by atoms with Crippen LogP contribution in [0.15, 0.2) is 35.2 Å². The Morgan fingerprint density at radius 3 is 2.57 bits per heavy atom. The van der Waals surface area contributed by atoms with Gasteiger partial charge in [0.2, 0.25) is 0 Å². The smallest absolute Gasteiger partial charge is 0.263 e. The van der Waals surface area contributed by atoms with Gasteiger partial charge in [0.25, 0.3) is 5.91 Å². The number of aryl methyl sites for hydroxylation is 2. The Labute approximate surface area is 190 Å². The molecule has 0 aliphatic carbocycles. The first-order valence-corrected chi connectivity index (χ1v) is 10.9. The van der Waals surface area contributed by atoms with E-state index in [9.17, 15) is 4.79 Å². The molecule has 0 bridgehead atoms. The number of rotatable bonds is 8. The van der Waals surface area contributed by atoms with Gasteiger partial charge in [-0.2, -0.15) is 0 Å². The SMILES string of the molecule is COc1cc(/C=C2\SC(=S)NC2=O)cc(Cl)c1OCCCOc1ccc(C)c(C)c1. The molecule has 1 heterocycles. The number of hydrogen-bond acceptors (Lipinski definition) is 6. The van der Waals surface area contributed by atoms with Crippen LogP contribution in [0.5, 0.6) is 17.2 Å². The molecule has 1 amide bonds. The van der Waals surface area contributed by atoms with Gasteiger partial charge in [-0.3, -0.25) is 4.79 Å². The number of thioether (sulfide) groups is 1. The third kappa shape index (κ3) is 5.68. The van der Waals surface area contributed by atoms with Crippen molar-refractivity contribution in [1.82, 2.24) is 5.32 Å². The van der Waals surface area contributed by atoms with Crippen molar-refractivity contribution in [2.45, 2.75) is 20.3 Å². The van der Waals surface area contributed by atoms with Crippen LogP contribution in [-0.2, 0) is 4.79 Å². The third-order valence-electron chi connectivity index (χ3n) is 4.47. The van der Waals surface area contributed by atoms with Gasteiger partial charge in [-0.15, -0.1) is 0 Å². The van der Waals surface area contributed by atoms with Crippen LogP contribution in [0.4, 0.5) is 0 Å². The summed E-state index contributed by atoms with van der Waals surface area (Å²) >= 11 is 12.6. The molecule has 1 fully saturated rings. The maximum absolute atomic E-state index is 11.8. The molecule has 2 aromatic rings. The van der Waals surface area contributed by atoms with Gasteiger partial charge in [0.1, 0.15) is 10.1 Å². The summed E-state index contributed by atoms with van der Waals surface area (Å²) in [6, 6.07) is 9.54. The predicted octanol–water partition coefficient (Wildman–Crippen LogP) is 5.30. The maximum Gasteiger partial charge on any atom is 0.263 e. The highest BCUT2D eigenvalue weighted by atomic mass is 35.5. The standard InChI is InChI=1S/C22H22ClNO4S2/c1-13-5-6-16(9-14(13)2)27-7-4-8-28-20-17(23)10-15(11-18(20)26-3)12-19-21(25)24-22(29)30-19/h5-6,9-12H,4,7-8H2,1-3H3,(H,24,25,29)/b19-12-. The van der Waals surface area contributed by atoms with Crippen LogP contribution in [0.1, 0.15) is 23.1 Å². The summed E-state index contributed by atoms with van der Waals surface area (Å²) in [5.74, 6) is 1.59. The molecule has 1 aliphatic rings. The number of carbonyl (C=O) groups excluding carboxylic acids is 1. The first-order chi connectivity index (χ1) is 14.4. The van der Waals surface area contributed by atoms with Crippen LogP contribution < -0.4 is 19.5 Å². The first kappa shape index (κ1) is 22.5. The highest BCUT2D eigenvalue weighted by Gasteiger charge is 2.22. The van der Waals surface area contributed by atoms with Gasteiger partial charge in [0.05, 0.1) is 30.3 Å². The van der Waals surface area contributed by atoms with E-state index in [2.05, 4.69) is 19.2 Å². The lowest BCUT2D eigenvalue weighted by atomic mass is 10.1. The highest BCUT2D eigenvalue weighted by Crippen LogP contribution is 2.38. The molecule has 2 aromatic carbocycles. The Balaban J connectivity index is 1.59. The van der Waals surface area contributed by atoms with Crippen molar-refractivity contribution < 1.29 is 19.0 Å². The van der Waals surface area contributed by atoms with Crippen molar-refractivity contribution in [3.63, 3.8) is 0 Å². The van der Waals surface area contributed by atoms with Crippen molar-refractivity contribution >= 4 is 51.9 Å². The molecule has 1 saturated heterocycles. The molecule has 5 nitrogen and oxygen atoms in total. The van der Waals surface area contributed by atoms with Crippen LogP contribution in [0.25, 0.3) is 6.08 Å². The third-order valence-corrected chi connectivity index (χ3v) is 5.92. The largest absolute Gasteiger partial charge is 0.493 e. The van der Waals surface area contributed by atoms with Gasteiger partial charge in [0, 0.05) is 6.42 Å². The number of amides is 1. The van der Waals surface area contributed by atoms with E-state index in [4.69, 9.17) is 38.0 Å². The zero-order valence-corrected chi connectivity index (χ0v) is 19.3. The molecule has 0 spiro atoms. The van der Waals surface area contributed by atoms with Gasteiger partial charge in [-0.05, 0) is 60.9 Å². The van der Waals surface area contributed by atoms with E-state index >= 15 is 0 Å². The Morgan fingerprint density at radius 1 is 1.13 bits per heavy atom. The lowest BCUT2D eigenvalue weighted by Crippen LogP contribution is -2.17. The summed E-state index contributed by atoms with van der Waals surface area (Å²) in [7, 11) is 1.55. The molecule has 30 heavy (non-hydrogen) atoms. The Kier molecular flexibility index (Phi) is 7.64. The molecule has 8 heteroatoms. The van der Waals surface area contributed by atoms with Crippen molar-refractivity contribution in [1.29, 1.82) is 0 Å². The minimum Gasteiger partial charge on any atom is -0.493 e. The average molecular weight is 464 g/mol. The molecule has 1 N–H and O–H groups in total. The molecule has 0 unspecified atom stereocenters. The van der Waals surface area contributed by atoms with Crippen LogP contribution in [0, 0.1) is 13.8 Å². The van der Waals surface area contributed by atoms with Crippen molar-refractivity contribution in [3.05, 3.63) is 56.9 Å². The fourth-order valence-electron chi connectivity index (χ4n) is 2.76. The number of methoxy groups -OCH3 is 1. The minimum atomic E-state index is -0.218. The highest BCUT2D eigenvalue weighted by molar-refractivity contribution is 8.26.